The van der Waals surface area contributed by atoms with E-state index in [0.717, 1.165) is 0 Å². The second-order valence-corrected chi connectivity index (χ2v) is 6.24. The van der Waals surface area contributed by atoms with Crippen LogP contribution in [-0.4, -0.2) is 26.2 Å². The van der Waals surface area contributed by atoms with Crippen LogP contribution in [0.25, 0.3) is 11.4 Å². The van der Waals surface area contributed by atoms with E-state index in [-0.39, 0.29) is 16.9 Å². The van der Waals surface area contributed by atoms with E-state index in [1.165, 1.54) is 17.8 Å². The molecular weight excluding hydrogens is 313 g/mol. The number of hydrogen-bond donors (Lipinski definition) is 1. The Labute approximate surface area is 137 Å². The van der Waals surface area contributed by atoms with Crippen LogP contribution >= 0.6 is 11.8 Å². The third-order valence-corrected chi connectivity index (χ3v) is 4.26. The lowest BCUT2D eigenvalue weighted by atomic mass is 10.1. The number of aromatic nitrogens is 3. The van der Waals surface area contributed by atoms with Gasteiger partial charge in [-0.05, 0) is 19.1 Å². The Morgan fingerprint density at radius 3 is 2.57 bits per heavy atom. The molecule has 0 aliphatic rings. The molecule has 23 heavy (non-hydrogen) atoms. The SMILES string of the molecule is CC(Sc1n[nH]c(-c2ccccc2F)n1)C(=O)c1ccccc1. The molecule has 6 heteroatoms. The molecule has 1 unspecified atom stereocenters. The van der Waals surface area contributed by atoms with Crippen molar-refractivity contribution in [3.63, 3.8) is 0 Å². The normalized spacial score (nSPS) is 12.1. The van der Waals surface area contributed by atoms with Crippen molar-refractivity contribution in [1.29, 1.82) is 0 Å². The average Bonchev–Trinajstić information content (AvgIpc) is 3.03. The summed E-state index contributed by atoms with van der Waals surface area (Å²) in [6.07, 6.45) is 0. The van der Waals surface area contributed by atoms with Gasteiger partial charge in [-0.1, -0.05) is 54.2 Å². The van der Waals surface area contributed by atoms with E-state index in [2.05, 4.69) is 15.2 Å². The van der Waals surface area contributed by atoms with E-state index in [0.29, 0.717) is 22.1 Å². The minimum Gasteiger partial charge on any atom is -0.293 e. The van der Waals surface area contributed by atoms with Gasteiger partial charge in [0.15, 0.2) is 11.6 Å². The third kappa shape index (κ3) is 3.48. The molecule has 0 bridgehead atoms. The summed E-state index contributed by atoms with van der Waals surface area (Å²) in [6.45, 7) is 1.80. The quantitative estimate of drug-likeness (QED) is 0.569. The van der Waals surface area contributed by atoms with Gasteiger partial charge in [-0.3, -0.25) is 9.89 Å². The fourth-order valence-corrected chi connectivity index (χ4v) is 2.92. The molecule has 0 saturated carbocycles. The second kappa shape index (κ2) is 6.75. The Balaban J connectivity index is 1.74. The number of thioether (sulfide) groups is 1. The van der Waals surface area contributed by atoms with Crippen LogP contribution in [0.15, 0.2) is 59.8 Å². The summed E-state index contributed by atoms with van der Waals surface area (Å²) >= 11 is 1.24. The Morgan fingerprint density at radius 1 is 1.13 bits per heavy atom. The van der Waals surface area contributed by atoms with Crippen molar-refractivity contribution in [3.8, 4) is 11.4 Å². The van der Waals surface area contributed by atoms with E-state index < -0.39 is 0 Å². The molecule has 0 saturated heterocycles. The summed E-state index contributed by atoms with van der Waals surface area (Å²) < 4.78 is 13.7. The fraction of sp³-hybridized carbons (Fsp3) is 0.118. The summed E-state index contributed by atoms with van der Waals surface area (Å²) in [7, 11) is 0. The van der Waals surface area contributed by atoms with E-state index in [4.69, 9.17) is 0 Å². The Morgan fingerprint density at radius 2 is 1.83 bits per heavy atom. The smallest absolute Gasteiger partial charge is 0.209 e. The molecule has 3 rings (SSSR count). The largest absolute Gasteiger partial charge is 0.293 e. The molecule has 1 heterocycles. The van der Waals surface area contributed by atoms with E-state index in [9.17, 15) is 9.18 Å². The maximum Gasteiger partial charge on any atom is 0.209 e. The number of ketones is 1. The van der Waals surface area contributed by atoms with Crippen LogP contribution in [-0.2, 0) is 0 Å². The summed E-state index contributed by atoms with van der Waals surface area (Å²) in [5.74, 6) is -0.00795. The number of aromatic amines is 1. The Kier molecular flexibility index (Phi) is 4.52. The fourth-order valence-electron chi connectivity index (χ4n) is 2.12. The van der Waals surface area contributed by atoms with Gasteiger partial charge in [0.1, 0.15) is 5.82 Å². The number of nitrogens with one attached hydrogen (secondary N) is 1. The van der Waals surface area contributed by atoms with E-state index >= 15 is 0 Å². The predicted octanol–water partition coefficient (Wildman–Crippen LogP) is 3.97. The monoisotopic (exact) mass is 327 g/mol. The van der Waals surface area contributed by atoms with Crippen molar-refractivity contribution in [3.05, 3.63) is 66.0 Å². The second-order valence-electron chi connectivity index (χ2n) is 4.94. The van der Waals surface area contributed by atoms with Crippen LogP contribution < -0.4 is 0 Å². The molecule has 0 spiro atoms. The molecular formula is C17H14FN3OS. The molecule has 3 aromatic rings. The van der Waals surface area contributed by atoms with E-state index in [1.807, 2.05) is 18.2 Å². The highest BCUT2D eigenvalue weighted by molar-refractivity contribution is 8.00. The maximum absolute atomic E-state index is 13.7. The zero-order chi connectivity index (χ0) is 16.2. The van der Waals surface area contributed by atoms with Gasteiger partial charge in [0.2, 0.25) is 5.16 Å². The number of benzene rings is 2. The Bertz CT molecular complexity index is 819. The topological polar surface area (TPSA) is 58.6 Å². The molecule has 0 aliphatic carbocycles. The van der Waals surface area contributed by atoms with Crippen LogP contribution in [0.3, 0.4) is 0 Å². The van der Waals surface area contributed by atoms with Crippen LogP contribution in [0.5, 0.6) is 0 Å². The summed E-state index contributed by atoms with van der Waals surface area (Å²) in [4.78, 5) is 16.6. The highest BCUT2D eigenvalue weighted by Gasteiger charge is 2.19. The van der Waals surface area contributed by atoms with Crippen molar-refractivity contribution in [2.45, 2.75) is 17.3 Å². The lowest BCUT2D eigenvalue weighted by Gasteiger charge is -2.07. The molecule has 0 radical (unpaired) electrons. The highest BCUT2D eigenvalue weighted by Crippen LogP contribution is 2.25. The number of nitrogens with zero attached hydrogens (tertiary/aromatic N) is 2. The van der Waals surface area contributed by atoms with Gasteiger partial charge in [0, 0.05) is 5.56 Å². The van der Waals surface area contributed by atoms with Gasteiger partial charge in [-0.2, -0.15) is 0 Å². The maximum atomic E-state index is 13.7. The number of rotatable bonds is 5. The summed E-state index contributed by atoms with van der Waals surface area (Å²) in [5, 5.41) is 6.86. The van der Waals surface area contributed by atoms with Gasteiger partial charge >= 0.3 is 0 Å². The van der Waals surface area contributed by atoms with Gasteiger partial charge < -0.3 is 0 Å². The minimum absolute atomic E-state index is 0.00726. The van der Waals surface area contributed by atoms with Crippen molar-refractivity contribution in [2.24, 2.45) is 0 Å². The van der Waals surface area contributed by atoms with Crippen LogP contribution in [0.1, 0.15) is 17.3 Å². The van der Waals surface area contributed by atoms with Crippen LogP contribution in [0.4, 0.5) is 4.39 Å². The number of carbonyl (C=O) groups excluding carboxylic acids is 1. The molecule has 4 nitrogen and oxygen atoms in total. The molecule has 0 amide bonds. The van der Waals surface area contributed by atoms with Crippen LogP contribution in [0.2, 0.25) is 0 Å². The number of hydrogen-bond acceptors (Lipinski definition) is 4. The number of H-pyrrole nitrogens is 1. The van der Waals surface area contributed by atoms with Gasteiger partial charge in [0.05, 0.1) is 10.8 Å². The Hall–Kier alpha value is -2.47. The van der Waals surface area contributed by atoms with Crippen molar-refractivity contribution >= 4 is 17.5 Å². The average molecular weight is 327 g/mol. The lowest BCUT2D eigenvalue weighted by Crippen LogP contribution is -2.13. The molecule has 1 N–H and O–H groups in total. The number of Topliss-reactive ketones (excluding diaryl/α,β-unsaturated/α-hetero) is 1. The minimum atomic E-state index is -0.367. The summed E-state index contributed by atoms with van der Waals surface area (Å²) in [6, 6.07) is 15.4. The highest BCUT2D eigenvalue weighted by atomic mass is 32.2. The van der Waals surface area contributed by atoms with Gasteiger partial charge in [-0.25, -0.2) is 9.37 Å². The zero-order valence-electron chi connectivity index (χ0n) is 12.4. The van der Waals surface area contributed by atoms with Crippen molar-refractivity contribution < 1.29 is 9.18 Å². The van der Waals surface area contributed by atoms with Gasteiger partial charge in [0.25, 0.3) is 0 Å². The first kappa shape index (κ1) is 15.4. The number of carbonyl (C=O) groups is 1. The zero-order valence-corrected chi connectivity index (χ0v) is 13.2. The van der Waals surface area contributed by atoms with E-state index in [1.54, 1.807) is 37.3 Å². The molecule has 0 fully saturated rings. The lowest BCUT2D eigenvalue weighted by molar-refractivity contribution is 0.0994. The standard InChI is InChI=1S/C17H14FN3OS/c1-11(15(22)12-7-3-2-4-8-12)23-17-19-16(20-21-17)13-9-5-6-10-14(13)18/h2-11H,1H3,(H,19,20,21). The molecule has 0 aliphatic heterocycles. The first-order valence-electron chi connectivity index (χ1n) is 7.08. The summed E-state index contributed by atoms with van der Waals surface area (Å²) in [5.41, 5.74) is 1.01. The molecule has 1 aromatic heterocycles. The van der Waals surface area contributed by atoms with Crippen molar-refractivity contribution in [1.82, 2.24) is 15.2 Å². The molecule has 1 atom stereocenters. The van der Waals surface area contributed by atoms with Gasteiger partial charge in [-0.15, -0.1) is 5.10 Å². The number of halogens is 1. The van der Waals surface area contributed by atoms with Crippen molar-refractivity contribution in [2.75, 3.05) is 0 Å². The predicted molar refractivity (Wildman–Crippen MR) is 87.9 cm³/mol. The molecule has 2 aromatic carbocycles. The first-order chi connectivity index (χ1) is 11.1. The first-order valence-corrected chi connectivity index (χ1v) is 7.96. The van der Waals surface area contributed by atoms with Crippen LogP contribution in [0, 0.1) is 5.82 Å². The molecule has 116 valence electrons. The third-order valence-electron chi connectivity index (χ3n) is 3.30.